The number of amides is 1. The zero-order valence-electron chi connectivity index (χ0n) is 14.7. The van der Waals surface area contributed by atoms with Crippen molar-refractivity contribution in [3.8, 4) is 5.75 Å². The molecule has 0 aromatic heterocycles. The van der Waals surface area contributed by atoms with Gasteiger partial charge < -0.3 is 15.0 Å². The number of carbonyl (C=O) groups is 1. The van der Waals surface area contributed by atoms with E-state index in [9.17, 15) is 9.18 Å². The average Bonchev–Trinajstić information content (AvgIpc) is 3.01. The molecule has 1 aromatic rings. The Morgan fingerprint density at radius 3 is 2.52 bits per heavy atom. The number of halogens is 2. The molecule has 3 rings (SSSR count). The van der Waals surface area contributed by atoms with Crippen LogP contribution in [0.25, 0.3) is 0 Å². The third-order valence-corrected chi connectivity index (χ3v) is 4.96. The van der Waals surface area contributed by atoms with E-state index in [0.29, 0.717) is 11.2 Å². The Bertz CT molecular complexity index is 556. The molecule has 2 saturated heterocycles. The van der Waals surface area contributed by atoms with Crippen LogP contribution >= 0.6 is 12.4 Å². The van der Waals surface area contributed by atoms with Crippen LogP contribution in [0.2, 0.25) is 0 Å². The van der Waals surface area contributed by atoms with E-state index in [2.05, 4.69) is 17.1 Å². The van der Waals surface area contributed by atoms with E-state index < -0.39 is 0 Å². The van der Waals surface area contributed by atoms with E-state index in [1.165, 1.54) is 30.7 Å². The molecule has 25 heavy (non-hydrogen) atoms. The van der Waals surface area contributed by atoms with Crippen LogP contribution in [0.4, 0.5) is 4.39 Å². The molecule has 2 aliphatic heterocycles. The molecule has 0 saturated carbocycles. The predicted molar refractivity (Wildman–Crippen MR) is 97.8 cm³/mol. The standard InChI is InChI=1S/C18H26FN3O2.ClH/c1-18(6-7-20-13-18)14-21-8-10-22(11-9-21)17(23)12-24-16-4-2-15(19)3-5-16;/h2-5,20H,6-14H2,1H3;1H. The van der Waals surface area contributed by atoms with Gasteiger partial charge in [0.15, 0.2) is 6.61 Å². The Balaban J connectivity index is 0.00000225. The number of nitrogens with zero attached hydrogens (tertiary/aromatic N) is 2. The summed E-state index contributed by atoms with van der Waals surface area (Å²) in [5.74, 6) is 0.203. The van der Waals surface area contributed by atoms with Crippen LogP contribution in [0.5, 0.6) is 5.75 Å². The van der Waals surface area contributed by atoms with Crippen molar-refractivity contribution in [2.45, 2.75) is 13.3 Å². The smallest absolute Gasteiger partial charge is 0.260 e. The molecule has 2 heterocycles. The van der Waals surface area contributed by atoms with Crippen molar-refractivity contribution < 1.29 is 13.9 Å². The highest BCUT2D eigenvalue weighted by Crippen LogP contribution is 2.26. The summed E-state index contributed by atoms with van der Waals surface area (Å²) in [6.07, 6.45) is 1.22. The lowest BCUT2D eigenvalue weighted by atomic mass is 9.89. The molecule has 0 spiro atoms. The maximum absolute atomic E-state index is 12.8. The average molecular weight is 372 g/mol. The molecule has 1 atom stereocenters. The quantitative estimate of drug-likeness (QED) is 0.856. The minimum Gasteiger partial charge on any atom is -0.484 e. The minimum absolute atomic E-state index is 0. The van der Waals surface area contributed by atoms with Crippen LogP contribution < -0.4 is 10.1 Å². The third-order valence-electron chi connectivity index (χ3n) is 4.96. The first-order valence-electron chi connectivity index (χ1n) is 8.63. The lowest BCUT2D eigenvalue weighted by molar-refractivity contribution is -0.135. The lowest BCUT2D eigenvalue weighted by Gasteiger charge is -2.38. The Labute approximate surface area is 154 Å². The second-order valence-corrected chi connectivity index (χ2v) is 7.14. The number of benzene rings is 1. The van der Waals surface area contributed by atoms with Gasteiger partial charge in [0.1, 0.15) is 11.6 Å². The van der Waals surface area contributed by atoms with Crippen molar-refractivity contribution in [1.82, 2.24) is 15.1 Å². The molecule has 0 radical (unpaired) electrons. The highest BCUT2D eigenvalue weighted by Gasteiger charge is 2.32. The molecular formula is C18H27ClFN3O2. The van der Waals surface area contributed by atoms with Crippen molar-refractivity contribution in [3.05, 3.63) is 30.1 Å². The normalized spacial score (nSPS) is 24.0. The summed E-state index contributed by atoms with van der Waals surface area (Å²) in [4.78, 5) is 16.6. The summed E-state index contributed by atoms with van der Waals surface area (Å²) in [7, 11) is 0. The summed E-state index contributed by atoms with van der Waals surface area (Å²) in [5, 5.41) is 3.43. The Hall–Kier alpha value is -1.37. The van der Waals surface area contributed by atoms with E-state index in [1.807, 2.05) is 4.90 Å². The molecule has 2 fully saturated rings. The van der Waals surface area contributed by atoms with Crippen LogP contribution in [-0.2, 0) is 4.79 Å². The molecule has 1 amide bonds. The summed E-state index contributed by atoms with van der Waals surface area (Å²) in [6, 6.07) is 5.74. The van der Waals surface area contributed by atoms with Gasteiger partial charge in [-0.25, -0.2) is 4.39 Å². The van der Waals surface area contributed by atoms with Gasteiger partial charge >= 0.3 is 0 Å². The number of ether oxygens (including phenoxy) is 1. The fraction of sp³-hybridized carbons (Fsp3) is 0.611. The zero-order valence-corrected chi connectivity index (χ0v) is 15.5. The molecular weight excluding hydrogens is 345 g/mol. The van der Waals surface area contributed by atoms with Crippen molar-refractivity contribution >= 4 is 18.3 Å². The van der Waals surface area contributed by atoms with Gasteiger partial charge in [-0.15, -0.1) is 12.4 Å². The van der Waals surface area contributed by atoms with Crippen LogP contribution in [0, 0.1) is 11.2 Å². The van der Waals surface area contributed by atoms with Gasteiger partial charge in [-0.3, -0.25) is 9.69 Å². The molecule has 0 bridgehead atoms. The third kappa shape index (κ3) is 5.56. The number of piperazine rings is 1. The van der Waals surface area contributed by atoms with Gasteiger partial charge in [0.05, 0.1) is 0 Å². The number of hydrogen-bond acceptors (Lipinski definition) is 4. The number of rotatable bonds is 5. The minimum atomic E-state index is -0.309. The van der Waals surface area contributed by atoms with Crippen LogP contribution in [-0.4, -0.2) is 68.1 Å². The van der Waals surface area contributed by atoms with Crippen molar-refractivity contribution in [2.24, 2.45) is 5.41 Å². The van der Waals surface area contributed by atoms with Crippen molar-refractivity contribution in [2.75, 3.05) is 52.4 Å². The first-order chi connectivity index (χ1) is 11.5. The molecule has 2 aliphatic rings. The number of hydrogen-bond donors (Lipinski definition) is 1. The first-order valence-corrected chi connectivity index (χ1v) is 8.63. The van der Waals surface area contributed by atoms with E-state index in [0.717, 1.165) is 45.8 Å². The topological polar surface area (TPSA) is 44.8 Å². The maximum Gasteiger partial charge on any atom is 0.260 e. The Morgan fingerprint density at radius 1 is 1.24 bits per heavy atom. The summed E-state index contributed by atoms with van der Waals surface area (Å²) in [5.41, 5.74) is 0.359. The predicted octanol–water partition coefficient (Wildman–Crippen LogP) is 1.77. The first kappa shape index (κ1) is 19.9. The summed E-state index contributed by atoms with van der Waals surface area (Å²) < 4.78 is 18.3. The SMILES string of the molecule is CC1(CN2CCN(C(=O)COc3ccc(F)cc3)CC2)CCNC1.Cl. The highest BCUT2D eigenvalue weighted by molar-refractivity contribution is 5.85. The van der Waals surface area contributed by atoms with Crippen molar-refractivity contribution in [1.29, 1.82) is 0 Å². The fourth-order valence-electron chi connectivity index (χ4n) is 3.47. The van der Waals surface area contributed by atoms with Gasteiger partial charge in [-0.05, 0) is 42.6 Å². The van der Waals surface area contributed by atoms with Gasteiger partial charge in [0.2, 0.25) is 0 Å². The van der Waals surface area contributed by atoms with Crippen molar-refractivity contribution in [3.63, 3.8) is 0 Å². The molecule has 5 nitrogen and oxygen atoms in total. The number of nitrogens with one attached hydrogen (secondary N) is 1. The van der Waals surface area contributed by atoms with Gasteiger partial charge in [-0.1, -0.05) is 6.92 Å². The van der Waals surface area contributed by atoms with E-state index in [-0.39, 0.29) is 30.7 Å². The monoisotopic (exact) mass is 371 g/mol. The van der Waals surface area contributed by atoms with Gasteiger partial charge in [0.25, 0.3) is 5.91 Å². The summed E-state index contributed by atoms with van der Waals surface area (Å²) >= 11 is 0. The summed E-state index contributed by atoms with van der Waals surface area (Å²) in [6.45, 7) is 8.94. The van der Waals surface area contributed by atoms with Gasteiger partial charge in [0, 0.05) is 39.3 Å². The Morgan fingerprint density at radius 2 is 1.92 bits per heavy atom. The lowest BCUT2D eigenvalue weighted by Crippen LogP contribution is -2.52. The second kappa shape index (κ2) is 8.83. The maximum atomic E-state index is 12.8. The molecule has 140 valence electrons. The molecule has 1 unspecified atom stereocenters. The molecule has 1 N–H and O–H groups in total. The van der Waals surface area contributed by atoms with Crippen LogP contribution in [0.3, 0.4) is 0 Å². The molecule has 7 heteroatoms. The number of carbonyl (C=O) groups excluding carboxylic acids is 1. The largest absolute Gasteiger partial charge is 0.484 e. The second-order valence-electron chi connectivity index (χ2n) is 7.14. The van der Waals surface area contributed by atoms with E-state index >= 15 is 0 Å². The van der Waals surface area contributed by atoms with Crippen LogP contribution in [0.1, 0.15) is 13.3 Å². The van der Waals surface area contributed by atoms with E-state index in [4.69, 9.17) is 4.74 Å². The van der Waals surface area contributed by atoms with Gasteiger partial charge in [-0.2, -0.15) is 0 Å². The van der Waals surface area contributed by atoms with E-state index in [1.54, 1.807) is 0 Å². The Kier molecular flexibility index (Phi) is 7.04. The molecule has 0 aliphatic carbocycles. The molecule has 1 aromatic carbocycles. The fourth-order valence-corrected chi connectivity index (χ4v) is 3.47. The van der Waals surface area contributed by atoms with Crippen LogP contribution in [0.15, 0.2) is 24.3 Å². The highest BCUT2D eigenvalue weighted by atomic mass is 35.5. The zero-order chi connectivity index (χ0) is 17.0.